The van der Waals surface area contributed by atoms with Crippen molar-refractivity contribution < 1.29 is 19.4 Å². The molecule has 0 fully saturated rings. The normalized spacial score (nSPS) is 11.6. The molecule has 0 radical (unpaired) electrons. The summed E-state index contributed by atoms with van der Waals surface area (Å²) < 4.78 is 4.80. The first-order valence-corrected chi connectivity index (χ1v) is 4.16. The third-order valence-corrected chi connectivity index (χ3v) is 1.43. The van der Waals surface area contributed by atoms with Crippen molar-refractivity contribution in [1.29, 1.82) is 0 Å². The van der Waals surface area contributed by atoms with Crippen LogP contribution in [0.2, 0.25) is 0 Å². The molecule has 1 N–H and O–H groups in total. The largest absolute Gasteiger partial charge is 0.478 e. The highest BCUT2D eigenvalue weighted by Gasteiger charge is 2.07. The molecule has 14 heavy (non-hydrogen) atoms. The van der Waals surface area contributed by atoms with Gasteiger partial charge in [-0.25, -0.2) is 9.59 Å². The molecular weight excluding hydrogens is 186 g/mol. The highest BCUT2D eigenvalue weighted by Crippen LogP contribution is 1.96. The van der Waals surface area contributed by atoms with Gasteiger partial charge in [-0.2, -0.15) is 0 Å². The number of carboxylic acids is 1. The molecular formula is C9H15NO4. The number of hydrogen-bond donors (Lipinski definition) is 1. The van der Waals surface area contributed by atoms with E-state index < -0.39 is 11.9 Å². The third kappa shape index (κ3) is 6.19. The van der Waals surface area contributed by atoms with Gasteiger partial charge in [0.25, 0.3) is 0 Å². The first-order chi connectivity index (χ1) is 6.43. The Morgan fingerprint density at radius 1 is 1.43 bits per heavy atom. The number of ether oxygens (including phenoxy) is 1. The van der Waals surface area contributed by atoms with Gasteiger partial charge in [0, 0.05) is 18.2 Å². The van der Waals surface area contributed by atoms with Crippen molar-refractivity contribution in [2.75, 3.05) is 27.2 Å². The first kappa shape index (κ1) is 12.6. The molecule has 0 aliphatic rings. The number of hydrogen-bond acceptors (Lipinski definition) is 4. The molecule has 0 bridgehead atoms. The van der Waals surface area contributed by atoms with Crippen LogP contribution in [0.15, 0.2) is 11.6 Å². The van der Waals surface area contributed by atoms with Crippen molar-refractivity contribution in [2.45, 2.75) is 6.92 Å². The Morgan fingerprint density at radius 2 is 2.00 bits per heavy atom. The lowest BCUT2D eigenvalue weighted by atomic mass is 10.3. The molecule has 0 aliphatic carbocycles. The fourth-order valence-corrected chi connectivity index (χ4v) is 0.679. The maximum atomic E-state index is 11.1. The molecule has 0 amide bonds. The van der Waals surface area contributed by atoms with E-state index in [0.29, 0.717) is 6.54 Å². The van der Waals surface area contributed by atoms with Crippen molar-refractivity contribution in [3.8, 4) is 0 Å². The van der Waals surface area contributed by atoms with Crippen molar-refractivity contribution in [1.82, 2.24) is 4.90 Å². The molecule has 0 aliphatic heterocycles. The van der Waals surface area contributed by atoms with Gasteiger partial charge in [0.1, 0.15) is 6.61 Å². The molecule has 0 atom stereocenters. The Balaban J connectivity index is 3.91. The number of carboxylic acid groups (broad SMARTS) is 1. The van der Waals surface area contributed by atoms with E-state index in [2.05, 4.69) is 0 Å². The van der Waals surface area contributed by atoms with E-state index in [1.165, 1.54) is 6.92 Å². The average Bonchev–Trinajstić information content (AvgIpc) is 2.01. The zero-order valence-electron chi connectivity index (χ0n) is 8.61. The maximum Gasteiger partial charge on any atom is 0.334 e. The molecule has 0 heterocycles. The summed E-state index contributed by atoms with van der Waals surface area (Å²) in [6.45, 7) is 2.29. The fraction of sp³-hybridized carbons (Fsp3) is 0.556. The summed E-state index contributed by atoms with van der Waals surface area (Å²) in [5.74, 6) is -1.73. The Bertz CT molecular complexity index is 245. The lowest BCUT2D eigenvalue weighted by molar-refractivity contribution is -0.140. The van der Waals surface area contributed by atoms with Gasteiger partial charge in [-0.15, -0.1) is 0 Å². The van der Waals surface area contributed by atoms with Gasteiger partial charge in [-0.1, -0.05) is 0 Å². The quantitative estimate of drug-likeness (QED) is 0.505. The predicted octanol–water partition coefficient (Wildman–Crippen LogP) is 0.122. The van der Waals surface area contributed by atoms with E-state index in [1.807, 2.05) is 19.0 Å². The Kier molecular flexibility index (Phi) is 5.55. The number of nitrogens with zero attached hydrogens (tertiary/aromatic N) is 1. The third-order valence-electron chi connectivity index (χ3n) is 1.43. The standard InChI is InChI=1S/C9H15NO4/c1-7(6-8(11)12)9(13)14-5-4-10(2)3/h6H,4-5H2,1-3H3,(H,11,12)/b7-6+. The number of carbonyl (C=O) groups is 2. The van der Waals surface area contributed by atoms with Crippen molar-refractivity contribution in [3.05, 3.63) is 11.6 Å². The summed E-state index contributed by atoms with van der Waals surface area (Å²) in [6.07, 6.45) is 0.831. The Morgan fingerprint density at radius 3 is 2.43 bits per heavy atom. The highest BCUT2D eigenvalue weighted by atomic mass is 16.5. The van der Waals surface area contributed by atoms with Crippen LogP contribution in [0, 0.1) is 0 Å². The number of esters is 1. The second-order valence-electron chi connectivity index (χ2n) is 3.10. The van der Waals surface area contributed by atoms with E-state index in [-0.39, 0.29) is 12.2 Å². The minimum Gasteiger partial charge on any atom is -0.478 e. The molecule has 0 aromatic rings. The zero-order valence-corrected chi connectivity index (χ0v) is 8.61. The molecule has 0 saturated carbocycles. The summed E-state index contributed by atoms with van der Waals surface area (Å²) in [6, 6.07) is 0. The van der Waals surface area contributed by atoms with Crippen LogP contribution < -0.4 is 0 Å². The van der Waals surface area contributed by atoms with E-state index >= 15 is 0 Å². The second kappa shape index (κ2) is 6.15. The van der Waals surface area contributed by atoms with Crippen molar-refractivity contribution in [3.63, 3.8) is 0 Å². The number of aliphatic carboxylic acids is 1. The number of likely N-dealkylation sites (N-methyl/N-ethyl adjacent to an activating group) is 1. The summed E-state index contributed by atoms with van der Waals surface area (Å²) in [7, 11) is 3.71. The first-order valence-electron chi connectivity index (χ1n) is 4.16. The van der Waals surface area contributed by atoms with Gasteiger partial charge in [0.2, 0.25) is 0 Å². The molecule has 0 saturated heterocycles. The molecule has 0 rings (SSSR count). The minimum atomic E-state index is -1.15. The van der Waals surface area contributed by atoms with Gasteiger partial charge in [0.05, 0.1) is 0 Å². The van der Waals surface area contributed by atoms with E-state index in [0.717, 1.165) is 6.08 Å². The van der Waals surface area contributed by atoms with Crippen LogP contribution in [-0.2, 0) is 14.3 Å². The second-order valence-corrected chi connectivity index (χ2v) is 3.10. The van der Waals surface area contributed by atoms with Gasteiger partial charge < -0.3 is 14.7 Å². The minimum absolute atomic E-state index is 0.0938. The topological polar surface area (TPSA) is 66.8 Å². The lowest BCUT2D eigenvalue weighted by Gasteiger charge is -2.09. The molecule has 5 nitrogen and oxygen atoms in total. The Labute approximate surface area is 83.0 Å². The van der Waals surface area contributed by atoms with Crippen molar-refractivity contribution >= 4 is 11.9 Å². The number of carbonyl (C=O) groups excluding carboxylic acids is 1. The summed E-state index contributed by atoms with van der Waals surface area (Å²) in [4.78, 5) is 23.2. The van der Waals surface area contributed by atoms with Crippen LogP contribution in [0.3, 0.4) is 0 Å². The predicted molar refractivity (Wildman–Crippen MR) is 50.9 cm³/mol. The number of rotatable bonds is 5. The van der Waals surface area contributed by atoms with Gasteiger partial charge in [-0.3, -0.25) is 0 Å². The maximum absolute atomic E-state index is 11.1. The molecule has 5 heteroatoms. The summed E-state index contributed by atoms with van der Waals surface area (Å²) >= 11 is 0. The smallest absolute Gasteiger partial charge is 0.334 e. The SMILES string of the molecule is C/C(=C\C(=O)O)C(=O)OCCN(C)C. The van der Waals surface area contributed by atoms with E-state index in [4.69, 9.17) is 9.84 Å². The van der Waals surface area contributed by atoms with Gasteiger partial charge in [0.15, 0.2) is 0 Å². The van der Waals surface area contributed by atoms with Crippen LogP contribution in [0.1, 0.15) is 6.92 Å². The fourth-order valence-electron chi connectivity index (χ4n) is 0.679. The lowest BCUT2D eigenvalue weighted by Crippen LogP contribution is -2.20. The molecule has 0 aromatic heterocycles. The molecule has 80 valence electrons. The van der Waals surface area contributed by atoms with Crippen LogP contribution in [0.25, 0.3) is 0 Å². The van der Waals surface area contributed by atoms with Crippen molar-refractivity contribution in [2.24, 2.45) is 0 Å². The summed E-state index contributed by atoms with van der Waals surface area (Å²) in [5, 5.41) is 8.35. The Hall–Kier alpha value is -1.36. The van der Waals surface area contributed by atoms with Crippen LogP contribution >= 0.6 is 0 Å². The van der Waals surface area contributed by atoms with Crippen LogP contribution in [0.5, 0.6) is 0 Å². The van der Waals surface area contributed by atoms with E-state index in [9.17, 15) is 9.59 Å². The van der Waals surface area contributed by atoms with Crippen LogP contribution in [0.4, 0.5) is 0 Å². The zero-order chi connectivity index (χ0) is 11.1. The van der Waals surface area contributed by atoms with Gasteiger partial charge in [-0.05, 0) is 21.0 Å². The van der Waals surface area contributed by atoms with Crippen LogP contribution in [-0.4, -0.2) is 49.2 Å². The van der Waals surface area contributed by atoms with Gasteiger partial charge >= 0.3 is 11.9 Å². The summed E-state index contributed by atoms with van der Waals surface area (Å²) in [5.41, 5.74) is 0.0938. The average molecular weight is 201 g/mol. The highest BCUT2D eigenvalue weighted by molar-refractivity contribution is 5.95. The molecule has 0 unspecified atom stereocenters. The molecule has 0 spiro atoms. The molecule has 0 aromatic carbocycles. The monoisotopic (exact) mass is 201 g/mol. The van der Waals surface area contributed by atoms with E-state index in [1.54, 1.807) is 0 Å².